The van der Waals surface area contributed by atoms with Crippen molar-refractivity contribution in [3.05, 3.63) is 39.9 Å². The topological polar surface area (TPSA) is 94.1 Å². The fourth-order valence-corrected chi connectivity index (χ4v) is 2.75. The molecule has 0 unspecified atom stereocenters. The van der Waals surface area contributed by atoms with Gasteiger partial charge in [0.05, 0.1) is 12.3 Å². The Labute approximate surface area is 182 Å². The van der Waals surface area contributed by atoms with E-state index >= 15 is 0 Å². The molecule has 0 aliphatic heterocycles. The maximum atomic E-state index is 11.6. The molecule has 0 bridgehead atoms. The average Bonchev–Trinajstić information content (AvgIpc) is 2.70. The van der Waals surface area contributed by atoms with E-state index in [2.05, 4.69) is 5.32 Å². The van der Waals surface area contributed by atoms with E-state index < -0.39 is 11.9 Å². The zero-order chi connectivity index (χ0) is 21.6. The third-order valence-electron chi connectivity index (χ3n) is 3.66. The second-order valence-electron chi connectivity index (χ2n) is 5.65. The highest BCUT2D eigenvalue weighted by Crippen LogP contribution is 2.43. The predicted molar refractivity (Wildman–Crippen MR) is 111 cm³/mol. The molecule has 2 aromatic rings. The van der Waals surface area contributed by atoms with Crippen LogP contribution in [0.15, 0.2) is 24.3 Å². The van der Waals surface area contributed by atoms with Crippen LogP contribution in [0.3, 0.4) is 0 Å². The summed E-state index contributed by atoms with van der Waals surface area (Å²) in [5, 5.41) is 12.6. The third kappa shape index (κ3) is 5.82. The van der Waals surface area contributed by atoms with Gasteiger partial charge in [-0.1, -0.05) is 23.2 Å². The van der Waals surface area contributed by atoms with Crippen LogP contribution >= 0.6 is 34.8 Å². The third-order valence-corrected chi connectivity index (χ3v) is 4.75. The number of aromatic hydroxyl groups is 1. The lowest BCUT2D eigenvalue weighted by Crippen LogP contribution is -2.14. The van der Waals surface area contributed by atoms with E-state index in [9.17, 15) is 14.7 Å². The van der Waals surface area contributed by atoms with Gasteiger partial charge in [0, 0.05) is 5.56 Å². The number of carbonyl (C=O) groups excluding carboxylic acids is 2. The number of hydrogen-bond donors (Lipinski definition) is 2. The largest absolute Gasteiger partial charge is 0.506 e. The summed E-state index contributed by atoms with van der Waals surface area (Å²) in [5.41, 5.74) is 0.628. The van der Waals surface area contributed by atoms with E-state index in [4.69, 9.17) is 49.0 Å². The van der Waals surface area contributed by atoms with Crippen molar-refractivity contribution >= 4 is 52.4 Å². The number of benzene rings is 2. The first kappa shape index (κ1) is 22.9. The van der Waals surface area contributed by atoms with E-state index in [1.807, 2.05) is 0 Å². The van der Waals surface area contributed by atoms with Crippen LogP contribution in [0.4, 0.5) is 5.69 Å². The van der Waals surface area contributed by atoms with Crippen molar-refractivity contribution in [2.75, 3.05) is 24.4 Å². The van der Waals surface area contributed by atoms with E-state index in [-0.39, 0.29) is 52.1 Å². The van der Waals surface area contributed by atoms with Crippen LogP contribution in [0.5, 0.6) is 23.0 Å². The van der Waals surface area contributed by atoms with E-state index in [1.165, 1.54) is 24.3 Å². The molecule has 2 aromatic carbocycles. The molecular weight excluding hydrogens is 445 g/mol. The number of ether oxygens (including phenoxy) is 3. The monoisotopic (exact) mass is 461 g/mol. The van der Waals surface area contributed by atoms with Gasteiger partial charge in [0.2, 0.25) is 5.91 Å². The van der Waals surface area contributed by atoms with Gasteiger partial charge in [-0.3, -0.25) is 4.79 Å². The summed E-state index contributed by atoms with van der Waals surface area (Å²) in [7, 11) is 0. The van der Waals surface area contributed by atoms with Crippen LogP contribution in [-0.4, -0.2) is 36.1 Å². The number of hydrogen-bond acceptors (Lipinski definition) is 6. The number of phenols is 1. The van der Waals surface area contributed by atoms with Crippen molar-refractivity contribution in [1.82, 2.24) is 0 Å². The van der Waals surface area contributed by atoms with Crippen molar-refractivity contribution in [2.24, 2.45) is 0 Å². The van der Waals surface area contributed by atoms with Gasteiger partial charge in [0.25, 0.3) is 0 Å². The minimum atomic E-state index is -0.536. The Bertz CT molecular complexity index is 919. The summed E-state index contributed by atoms with van der Waals surface area (Å²) in [5.74, 6) is -0.694. The van der Waals surface area contributed by atoms with Crippen LogP contribution in [0.1, 0.15) is 12.5 Å². The normalized spacial score (nSPS) is 10.4. The number of esters is 1. The predicted octanol–water partition coefficient (Wildman–Crippen LogP) is 4.92. The first-order valence-corrected chi connectivity index (χ1v) is 9.70. The fourth-order valence-electron chi connectivity index (χ4n) is 2.28. The van der Waals surface area contributed by atoms with Crippen molar-refractivity contribution in [3.63, 3.8) is 0 Å². The number of alkyl halides is 1. The standard InChI is InChI=1S/C19H18Cl3NO6/c1-3-27-16(26)9-28-13-6-7-14(18(22)17(13)21)29-12-5-4-11(24)19(10(12)2)23-15(25)8-20/h4-7,24H,3,8-9H2,1-2H3,(H,23,25). The Morgan fingerprint density at radius 1 is 1.07 bits per heavy atom. The number of halogens is 3. The Balaban J connectivity index is 2.24. The number of carbonyl (C=O) groups is 2. The van der Waals surface area contributed by atoms with Gasteiger partial charge >= 0.3 is 5.97 Å². The fraction of sp³-hybridized carbons (Fsp3) is 0.263. The highest BCUT2D eigenvalue weighted by molar-refractivity contribution is 6.43. The molecule has 2 rings (SSSR count). The van der Waals surface area contributed by atoms with Crippen LogP contribution in [0.25, 0.3) is 0 Å². The highest BCUT2D eigenvalue weighted by Gasteiger charge is 2.17. The number of anilines is 1. The summed E-state index contributed by atoms with van der Waals surface area (Å²) < 4.78 is 15.9. The second kappa shape index (κ2) is 10.4. The van der Waals surface area contributed by atoms with Crippen LogP contribution in [0.2, 0.25) is 10.0 Å². The number of phenolic OH excluding ortho intramolecular Hbond substituents is 1. The van der Waals surface area contributed by atoms with E-state index in [0.717, 1.165) is 0 Å². The molecule has 0 atom stereocenters. The molecule has 0 aromatic heterocycles. The lowest BCUT2D eigenvalue weighted by molar-refractivity contribution is -0.145. The Hall–Kier alpha value is -2.35. The zero-order valence-corrected chi connectivity index (χ0v) is 17.8. The molecule has 156 valence electrons. The summed E-state index contributed by atoms with van der Waals surface area (Å²) in [6.07, 6.45) is 0. The van der Waals surface area contributed by atoms with Crippen molar-refractivity contribution in [1.29, 1.82) is 0 Å². The van der Waals surface area contributed by atoms with Gasteiger partial charge in [-0.05, 0) is 38.1 Å². The smallest absolute Gasteiger partial charge is 0.344 e. The van der Waals surface area contributed by atoms with Crippen LogP contribution < -0.4 is 14.8 Å². The molecule has 2 N–H and O–H groups in total. The maximum absolute atomic E-state index is 11.6. The summed E-state index contributed by atoms with van der Waals surface area (Å²) in [4.78, 5) is 23.0. The molecule has 0 saturated heterocycles. The number of nitrogens with one attached hydrogen (secondary N) is 1. The first-order valence-electron chi connectivity index (χ1n) is 8.41. The molecule has 0 radical (unpaired) electrons. The molecule has 0 spiro atoms. The summed E-state index contributed by atoms with van der Waals surface area (Å²) >= 11 is 18.0. The SMILES string of the molecule is CCOC(=O)COc1ccc(Oc2ccc(O)c(NC(=O)CCl)c2C)c(Cl)c1Cl. The highest BCUT2D eigenvalue weighted by atomic mass is 35.5. The van der Waals surface area contributed by atoms with Crippen LogP contribution in [-0.2, 0) is 14.3 Å². The summed E-state index contributed by atoms with van der Waals surface area (Å²) in [6.45, 7) is 3.25. The molecule has 0 saturated carbocycles. The Morgan fingerprint density at radius 2 is 1.69 bits per heavy atom. The summed E-state index contributed by atoms with van der Waals surface area (Å²) in [6, 6.07) is 5.88. The van der Waals surface area contributed by atoms with Crippen molar-refractivity contribution < 1.29 is 28.9 Å². The van der Waals surface area contributed by atoms with Gasteiger partial charge in [0.15, 0.2) is 6.61 Å². The first-order chi connectivity index (χ1) is 13.8. The lowest BCUT2D eigenvalue weighted by Gasteiger charge is -2.16. The molecule has 7 nitrogen and oxygen atoms in total. The zero-order valence-electron chi connectivity index (χ0n) is 15.6. The maximum Gasteiger partial charge on any atom is 0.344 e. The van der Waals surface area contributed by atoms with Gasteiger partial charge in [-0.2, -0.15) is 0 Å². The van der Waals surface area contributed by atoms with Gasteiger partial charge in [0.1, 0.15) is 38.9 Å². The molecule has 0 aliphatic rings. The molecule has 29 heavy (non-hydrogen) atoms. The molecule has 0 fully saturated rings. The molecule has 0 heterocycles. The minimum absolute atomic E-state index is 0.0561. The second-order valence-corrected chi connectivity index (χ2v) is 6.67. The van der Waals surface area contributed by atoms with Gasteiger partial charge in [-0.15, -0.1) is 11.6 Å². The van der Waals surface area contributed by atoms with Gasteiger partial charge < -0.3 is 24.6 Å². The number of rotatable bonds is 8. The van der Waals surface area contributed by atoms with E-state index in [1.54, 1.807) is 13.8 Å². The Kier molecular flexibility index (Phi) is 8.25. The van der Waals surface area contributed by atoms with E-state index in [0.29, 0.717) is 11.3 Å². The quantitative estimate of drug-likeness (QED) is 0.328. The minimum Gasteiger partial charge on any atom is -0.506 e. The van der Waals surface area contributed by atoms with Crippen molar-refractivity contribution in [2.45, 2.75) is 13.8 Å². The Morgan fingerprint density at radius 3 is 2.34 bits per heavy atom. The molecule has 0 aliphatic carbocycles. The molecular formula is C19H18Cl3NO6. The van der Waals surface area contributed by atoms with Gasteiger partial charge in [-0.25, -0.2) is 4.79 Å². The lowest BCUT2D eigenvalue weighted by atomic mass is 10.1. The van der Waals surface area contributed by atoms with Crippen molar-refractivity contribution in [3.8, 4) is 23.0 Å². The molecule has 1 amide bonds. The average molecular weight is 463 g/mol. The number of amides is 1. The molecule has 10 heteroatoms. The van der Waals surface area contributed by atoms with Crippen LogP contribution in [0, 0.1) is 6.92 Å².